The number of aromatic nitrogens is 1. The summed E-state index contributed by atoms with van der Waals surface area (Å²) < 4.78 is 11.3. The van der Waals surface area contributed by atoms with E-state index in [1.54, 1.807) is 13.3 Å². The predicted octanol–water partition coefficient (Wildman–Crippen LogP) is 3.96. The van der Waals surface area contributed by atoms with E-state index in [0.717, 1.165) is 40.6 Å². The van der Waals surface area contributed by atoms with Crippen LogP contribution in [0.25, 0.3) is 10.9 Å². The summed E-state index contributed by atoms with van der Waals surface area (Å²) in [5.41, 5.74) is 3.06. The Balaban J connectivity index is 1.62. The highest BCUT2D eigenvalue weighted by molar-refractivity contribution is 5.97. The van der Waals surface area contributed by atoms with E-state index < -0.39 is 5.54 Å². The van der Waals surface area contributed by atoms with E-state index >= 15 is 0 Å². The second-order valence-electron chi connectivity index (χ2n) is 8.26. The Morgan fingerprint density at radius 2 is 2.00 bits per heavy atom. The zero-order chi connectivity index (χ0) is 22.0. The monoisotopic (exact) mass is 419 g/mol. The number of hydrogen-bond donors (Lipinski definition) is 2. The largest absolute Gasteiger partial charge is 0.497 e. The molecule has 1 amide bonds. The molecule has 1 aliphatic rings. The van der Waals surface area contributed by atoms with Gasteiger partial charge in [-0.15, -0.1) is 0 Å². The second-order valence-corrected chi connectivity index (χ2v) is 8.26. The topological polar surface area (TPSA) is 72.5 Å². The first kappa shape index (κ1) is 21.1. The van der Waals surface area contributed by atoms with Gasteiger partial charge in [0, 0.05) is 29.3 Å². The molecule has 1 fully saturated rings. The van der Waals surface area contributed by atoms with E-state index in [0.29, 0.717) is 17.9 Å². The van der Waals surface area contributed by atoms with Crippen molar-refractivity contribution in [3.8, 4) is 11.5 Å². The molecule has 1 aromatic heterocycles. The van der Waals surface area contributed by atoms with E-state index in [2.05, 4.69) is 15.6 Å². The number of pyridine rings is 1. The van der Waals surface area contributed by atoms with Gasteiger partial charge in [0.2, 0.25) is 0 Å². The Hall–Kier alpha value is -3.12. The Labute approximate surface area is 183 Å². The average Bonchev–Trinajstić information content (AvgIpc) is 3.57. The third-order valence-corrected chi connectivity index (χ3v) is 5.99. The standard InChI is InChI=1S/C25H29N3O3/c1-16-7-8-18(31-15-17(2)26-3)12-21(16)24(29)28-25(9-10-25)22-13-19(30-4)14-23-20(22)6-5-11-27-23/h5-8,11-14,17,26H,9-10,15H2,1-4H3,(H,28,29)/t17-/m0/s1. The summed E-state index contributed by atoms with van der Waals surface area (Å²) in [6.45, 7) is 4.53. The highest BCUT2D eigenvalue weighted by atomic mass is 16.5. The van der Waals surface area contributed by atoms with Crippen LogP contribution in [0.4, 0.5) is 0 Å². The zero-order valence-electron chi connectivity index (χ0n) is 18.5. The lowest BCUT2D eigenvalue weighted by Gasteiger charge is -2.22. The highest BCUT2D eigenvalue weighted by Crippen LogP contribution is 2.49. The van der Waals surface area contributed by atoms with Crippen molar-refractivity contribution in [2.24, 2.45) is 0 Å². The van der Waals surface area contributed by atoms with Gasteiger partial charge in [0.25, 0.3) is 5.91 Å². The number of fused-ring (bicyclic) bond motifs is 1. The highest BCUT2D eigenvalue weighted by Gasteiger charge is 2.47. The number of methoxy groups -OCH3 is 1. The number of aryl methyl sites for hydroxylation is 1. The smallest absolute Gasteiger partial charge is 0.252 e. The molecule has 6 nitrogen and oxygen atoms in total. The quantitative estimate of drug-likeness (QED) is 0.578. The summed E-state index contributed by atoms with van der Waals surface area (Å²) in [6.07, 6.45) is 3.53. The third kappa shape index (κ3) is 4.35. The van der Waals surface area contributed by atoms with Crippen LogP contribution in [-0.2, 0) is 5.54 Å². The number of carbonyl (C=O) groups is 1. The molecule has 2 aromatic carbocycles. The van der Waals surface area contributed by atoms with Crippen molar-refractivity contribution < 1.29 is 14.3 Å². The van der Waals surface area contributed by atoms with Crippen molar-refractivity contribution in [1.82, 2.24) is 15.6 Å². The minimum absolute atomic E-state index is 0.0954. The van der Waals surface area contributed by atoms with Gasteiger partial charge in [-0.05, 0) is 69.1 Å². The molecule has 1 aliphatic carbocycles. The fourth-order valence-electron chi connectivity index (χ4n) is 3.78. The van der Waals surface area contributed by atoms with Crippen LogP contribution in [-0.4, -0.2) is 37.7 Å². The second kappa shape index (κ2) is 8.55. The first-order valence-corrected chi connectivity index (χ1v) is 10.6. The molecular weight excluding hydrogens is 390 g/mol. The van der Waals surface area contributed by atoms with Crippen LogP contribution >= 0.6 is 0 Å². The van der Waals surface area contributed by atoms with Crippen LogP contribution in [0.3, 0.4) is 0 Å². The molecule has 31 heavy (non-hydrogen) atoms. The Morgan fingerprint density at radius 1 is 1.19 bits per heavy atom. The molecule has 0 saturated heterocycles. The summed E-state index contributed by atoms with van der Waals surface area (Å²) in [4.78, 5) is 17.8. The number of amides is 1. The molecule has 1 atom stereocenters. The molecule has 3 aromatic rings. The molecule has 6 heteroatoms. The number of ether oxygens (including phenoxy) is 2. The summed E-state index contributed by atoms with van der Waals surface area (Å²) in [7, 11) is 3.55. The molecular formula is C25H29N3O3. The molecule has 0 unspecified atom stereocenters. The van der Waals surface area contributed by atoms with E-state index in [-0.39, 0.29) is 11.9 Å². The first-order chi connectivity index (χ1) is 15.0. The van der Waals surface area contributed by atoms with Crippen molar-refractivity contribution in [3.05, 3.63) is 65.4 Å². The van der Waals surface area contributed by atoms with Crippen LogP contribution in [0.2, 0.25) is 0 Å². The van der Waals surface area contributed by atoms with Gasteiger partial charge in [-0.3, -0.25) is 9.78 Å². The molecule has 1 saturated carbocycles. The Kier molecular flexibility index (Phi) is 5.83. The summed E-state index contributed by atoms with van der Waals surface area (Å²) in [5, 5.41) is 7.48. The lowest BCUT2D eigenvalue weighted by molar-refractivity contribution is 0.0930. The molecule has 1 heterocycles. The maximum absolute atomic E-state index is 13.3. The number of hydrogen-bond acceptors (Lipinski definition) is 5. The number of likely N-dealkylation sites (N-methyl/N-ethyl adjacent to an activating group) is 1. The molecule has 2 N–H and O–H groups in total. The maximum Gasteiger partial charge on any atom is 0.252 e. The van der Waals surface area contributed by atoms with E-state index in [4.69, 9.17) is 9.47 Å². The minimum atomic E-state index is -0.406. The van der Waals surface area contributed by atoms with Gasteiger partial charge in [0.15, 0.2) is 0 Å². The fourth-order valence-corrected chi connectivity index (χ4v) is 3.78. The van der Waals surface area contributed by atoms with Gasteiger partial charge in [-0.25, -0.2) is 0 Å². The lowest BCUT2D eigenvalue weighted by atomic mass is 9.97. The van der Waals surface area contributed by atoms with Crippen molar-refractivity contribution in [1.29, 1.82) is 0 Å². The maximum atomic E-state index is 13.3. The lowest BCUT2D eigenvalue weighted by Crippen LogP contribution is -2.35. The normalized spacial score (nSPS) is 15.4. The average molecular weight is 420 g/mol. The molecule has 4 rings (SSSR count). The fraction of sp³-hybridized carbons (Fsp3) is 0.360. The number of nitrogens with one attached hydrogen (secondary N) is 2. The van der Waals surface area contributed by atoms with Crippen molar-refractivity contribution >= 4 is 16.8 Å². The van der Waals surface area contributed by atoms with Crippen LogP contribution < -0.4 is 20.1 Å². The van der Waals surface area contributed by atoms with Crippen molar-refractivity contribution in [3.63, 3.8) is 0 Å². The van der Waals surface area contributed by atoms with Crippen LogP contribution in [0.1, 0.15) is 41.3 Å². The molecule has 0 radical (unpaired) electrons. The van der Waals surface area contributed by atoms with E-state index in [1.807, 2.05) is 63.4 Å². The number of rotatable bonds is 8. The molecule has 0 bridgehead atoms. The van der Waals surface area contributed by atoms with E-state index in [1.165, 1.54) is 0 Å². The molecule has 162 valence electrons. The molecule has 0 spiro atoms. The Bertz CT molecular complexity index is 1110. The van der Waals surface area contributed by atoms with Crippen LogP contribution in [0.5, 0.6) is 11.5 Å². The number of nitrogens with zero attached hydrogens (tertiary/aromatic N) is 1. The SMILES string of the molecule is CN[C@@H](C)COc1ccc(C)c(C(=O)NC2(c3cc(OC)cc4ncccc34)CC2)c1. The predicted molar refractivity (Wildman–Crippen MR) is 122 cm³/mol. The van der Waals surface area contributed by atoms with Crippen LogP contribution in [0.15, 0.2) is 48.7 Å². The van der Waals surface area contributed by atoms with Gasteiger partial charge in [-0.1, -0.05) is 12.1 Å². The van der Waals surface area contributed by atoms with E-state index in [9.17, 15) is 4.79 Å². The van der Waals surface area contributed by atoms with Gasteiger partial charge < -0.3 is 20.1 Å². The van der Waals surface area contributed by atoms with Crippen molar-refractivity contribution in [2.75, 3.05) is 20.8 Å². The van der Waals surface area contributed by atoms with Gasteiger partial charge >= 0.3 is 0 Å². The summed E-state index contributed by atoms with van der Waals surface area (Å²) in [5.74, 6) is 1.34. The zero-order valence-corrected chi connectivity index (χ0v) is 18.5. The summed E-state index contributed by atoms with van der Waals surface area (Å²) in [6, 6.07) is 13.8. The third-order valence-electron chi connectivity index (χ3n) is 5.99. The summed E-state index contributed by atoms with van der Waals surface area (Å²) >= 11 is 0. The van der Waals surface area contributed by atoms with Crippen LogP contribution in [0, 0.1) is 6.92 Å². The first-order valence-electron chi connectivity index (χ1n) is 10.6. The number of carbonyl (C=O) groups excluding carboxylic acids is 1. The molecule has 0 aliphatic heterocycles. The Morgan fingerprint density at radius 3 is 2.71 bits per heavy atom. The van der Waals surface area contributed by atoms with Gasteiger partial charge in [0.1, 0.15) is 18.1 Å². The minimum Gasteiger partial charge on any atom is -0.497 e. The van der Waals surface area contributed by atoms with Gasteiger partial charge in [-0.2, -0.15) is 0 Å². The number of benzene rings is 2. The van der Waals surface area contributed by atoms with Crippen molar-refractivity contribution in [2.45, 2.75) is 38.3 Å². The van der Waals surface area contributed by atoms with Gasteiger partial charge in [0.05, 0.1) is 18.2 Å².